The van der Waals surface area contributed by atoms with Gasteiger partial charge >= 0.3 is 5.69 Å². The highest BCUT2D eigenvalue weighted by atomic mass is 16.2. The van der Waals surface area contributed by atoms with E-state index in [2.05, 4.69) is 53.0 Å². The number of carbonyl (C=O) groups is 1. The van der Waals surface area contributed by atoms with Gasteiger partial charge in [0.15, 0.2) is 0 Å². The maximum atomic E-state index is 12.8. The van der Waals surface area contributed by atoms with E-state index in [4.69, 9.17) is 0 Å². The summed E-state index contributed by atoms with van der Waals surface area (Å²) in [5.74, 6) is 0.236. The number of rotatable bonds is 4. The van der Waals surface area contributed by atoms with Gasteiger partial charge in [-0.3, -0.25) is 19.5 Å². The molecule has 2 saturated heterocycles. The predicted octanol–water partition coefficient (Wildman–Crippen LogP) is 2.31. The maximum Gasteiger partial charge on any atom is 0.325 e. The van der Waals surface area contributed by atoms with Crippen LogP contribution in [0.3, 0.4) is 0 Å². The average Bonchev–Trinajstić information content (AvgIpc) is 3.11. The van der Waals surface area contributed by atoms with Crippen molar-refractivity contribution >= 4 is 5.91 Å². The van der Waals surface area contributed by atoms with Crippen molar-refractivity contribution in [1.82, 2.24) is 19.8 Å². The van der Waals surface area contributed by atoms with Gasteiger partial charge in [0.2, 0.25) is 0 Å². The van der Waals surface area contributed by atoms with E-state index in [1.165, 1.54) is 17.3 Å². The third-order valence-corrected chi connectivity index (χ3v) is 6.57. The number of nitrogens with one attached hydrogen (secondary N) is 2. The summed E-state index contributed by atoms with van der Waals surface area (Å²) in [4.78, 5) is 44.8. The molecule has 0 bridgehead atoms. The highest BCUT2D eigenvalue weighted by Gasteiger charge is 2.43. The highest BCUT2D eigenvalue weighted by Crippen LogP contribution is 2.39. The van der Waals surface area contributed by atoms with Crippen LogP contribution in [0.25, 0.3) is 0 Å². The van der Waals surface area contributed by atoms with Crippen LogP contribution >= 0.6 is 0 Å². The first kappa shape index (κ1) is 20.6. The molecule has 30 heavy (non-hydrogen) atoms. The van der Waals surface area contributed by atoms with Crippen molar-refractivity contribution in [2.24, 2.45) is 5.41 Å². The number of aromatic nitrogens is 2. The second kappa shape index (κ2) is 8.22. The molecule has 2 aromatic rings. The fourth-order valence-electron chi connectivity index (χ4n) is 4.89. The zero-order valence-electron chi connectivity index (χ0n) is 17.7. The number of benzene rings is 1. The number of carbonyl (C=O) groups excluding carboxylic acids is 1. The molecule has 0 radical (unpaired) electrons. The number of likely N-dealkylation sites (tertiary alicyclic amines) is 2. The Labute approximate surface area is 176 Å². The minimum Gasteiger partial charge on any atom is -0.338 e. The second-order valence-corrected chi connectivity index (χ2v) is 9.17. The van der Waals surface area contributed by atoms with Gasteiger partial charge in [-0.1, -0.05) is 38.1 Å². The molecule has 3 heterocycles. The molecule has 1 amide bonds. The summed E-state index contributed by atoms with van der Waals surface area (Å²) in [6.07, 6.45) is 4.39. The summed E-state index contributed by atoms with van der Waals surface area (Å²) >= 11 is 0. The van der Waals surface area contributed by atoms with E-state index in [0.29, 0.717) is 19.0 Å². The lowest BCUT2D eigenvalue weighted by Gasteiger charge is -2.40. The molecule has 1 aromatic carbocycles. The highest BCUT2D eigenvalue weighted by molar-refractivity contribution is 5.93. The van der Waals surface area contributed by atoms with Crippen molar-refractivity contribution < 1.29 is 4.79 Å². The van der Waals surface area contributed by atoms with Crippen LogP contribution in [0.4, 0.5) is 0 Å². The molecule has 2 fully saturated rings. The molecular weight excluding hydrogens is 380 g/mol. The van der Waals surface area contributed by atoms with Crippen LogP contribution in [0, 0.1) is 5.41 Å². The number of piperidine rings is 1. The molecule has 1 atom stereocenters. The first-order chi connectivity index (χ1) is 14.3. The monoisotopic (exact) mass is 410 g/mol. The topological polar surface area (TPSA) is 89.3 Å². The first-order valence-corrected chi connectivity index (χ1v) is 10.8. The largest absolute Gasteiger partial charge is 0.338 e. The molecule has 4 rings (SSSR count). The van der Waals surface area contributed by atoms with Gasteiger partial charge in [-0.05, 0) is 42.9 Å². The predicted molar refractivity (Wildman–Crippen MR) is 116 cm³/mol. The van der Waals surface area contributed by atoms with Gasteiger partial charge < -0.3 is 9.88 Å². The Morgan fingerprint density at radius 2 is 1.87 bits per heavy atom. The van der Waals surface area contributed by atoms with Crippen LogP contribution < -0.4 is 11.2 Å². The average molecular weight is 411 g/mol. The Balaban J connectivity index is 1.42. The van der Waals surface area contributed by atoms with Crippen molar-refractivity contribution in [3.05, 3.63) is 68.0 Å². The minimum absolute atomic E-state index is 0.00422. The Morgan fingerprint density at radius 1 is 1.10 bits per heavy atom. The fraction of sp³-hybridized carbons (Fsp3) is 0.522. The lowest BCUT2D eigenvalue weighted by molar-refractivity contribution is 0.0673. The molecule has 0 aliphatic carbocycles. The first-order valence-electron chi connectivity index (χ1n) is 10.8. The van der Waals surface area contributed by atoms with Crippen LogP contribution in [0.2, 0.25) is 0 Å². The molecule has 2 aliphatic heterocycles. The quantitative estimate of drug-likeness (QED) is 0.810. The zero-order valence-corrected chi connectivity index (χ0v) is 17.7. The number of hydrogen-bond acceptors (Lipinski definition) is 4. The zero-order chi connectivity index (χ0) is 21.3. The number of hydrogen-bond donors (Lipinski definition) is 2. The van der Waals surface area contributed by atoms with Gasteiger partial charge in [-0.15, -0.1) is 0 Å². The Morgan fingerprint density at radius 3 is 2.57 bits per heavy atom. The summed E-state index contributed by atoms with van der Waals surface area (Å²) in [5.41, 5.74) is 1.54. The van der Waals surface area contributed by atoms with E-state index in [1.807, 2.05) is 0 Å². The second-order valence-electron chi connectivity index (χ2n) is 9.17. The van der Waals surface area contributed by atoms with Crippen LogP contribution in [0.1, 0.15) is 60.5 Å². The minimum atomic E-state index is -0.625. The SMILES string of the molecule is CC(C)c1ccc(CN2CCC[C@]3(CCN(C(=O)c4c[nH]c(=O)[nH]c4=O)C3)C2)cc1. The van der Waals surface area contributed by atoms with Crippen molar-refractivity contribution in [2.75, 3.05) is 26.2 Å². The summed E-state index contributed by atoms with van der Waals surface area (Å²) in [5, 5.41) is 0. The summed E-state index contributed by atoms with van der Waals surface area (Å²) in [6, 6.07) is 8.89. The third kappa shape index (κ3) is 4.26. The van der Waals surface area contributed by atoms with E-state index < -0.39 is 11.2 Å². The van der Waals surface area contributed by atoms with Crippen LogP contribution in [-0.2, 0) is 6.54 Å². The number of amides is 1. The standard InChI is InChI=1S/C23H30N4O3/c1-16(2)18-6-4-17(5-7-18)13-26-10-3-8-23(14-26)9-11-27(15-23)21(29)19-12-24-22(30)25-20(19)28/h4-7,12,16H,3,8-11,13-15H2,1-2H3,(H2,24,25,28,30)/t23-/m0/s1. The summed E-state index contributed by atoms with van der Waals surface area (Å²) < 4.78 is 0. The van der Waals surface area contributed by atoms with E-state index in [9.17, 15) is 14.4 Å². The van der Waals surface area contributed by atoms with Gasteiger partial charge in [0, 0.05) is 37.8 Å². The number of aromatic amines is 2. The Bertz CT molecular complexity index is 1020. The van der Waals surface area contributed by atoms with Gasteiger partial charge in [0.25, 0.3) is 11.5 Å². The van der Waals surface area contributed by atoms with E-state index >= 15 is 0 Å². The van der Waals surface area contributed by atoms with Crippen molar-refractivity contribution in [2.45, 2.75) is 45.6 Å². The van der Waals surface area contributed by atoms with Gasteiger partial charge in [-0.25, -0.2) is 4.79 Å². The van der Waals surface area contributed by atoms with Gasteiger partial charge in [-0.2, -0.15) is 0 Å². The molecule has 0 unspecified atom stereocenters. The molecule has 160 valence electrons. The summed E-state index contributed by atoms with van der Waals surface area (Å²) in [7, 11) is 0. The lowest BCUT2D eigenvalue weighted by atomic mass is 9.79. The van der Waals surface area contributed by atoms with Crippen LogP contribution in [-0.4, -0.2) is 51.9 Å². The lowest BCUT2D eigenvalue weighted by Crippen LogP contribution is -2.45. The Hall–Kier alpha value is -2.67. The number of nitrogens with zero attached hydrogens (tertiary/aromatic N) is 2. The molecule has 0 saturated carbocycles. The van der Waals surface area contributed by atoms with Gasteiger partial charge in [0.05, 0.1) is 0 Å². The fourth-order valence-corrected chi connectivity index (χ4v) is 4.89. The van der Waals surface area contributed by atoms with Crippen molar-refractivity contribution in [3.8, 4) is 0 Å². The molecule has 7 nitrogen and oxygen atoms in total. The molecule has 1 spiro atoms. The van der Waals surface area contributed by atoms with Crippen molar-refractivity contribution in [1.29, 1.82) is 0 Å². The van der Waals surface area contributed by atoms with Crippen LogP contribution in [0.15, 0.2) is 40.1 Å². The van der Waals surface area contributed by atoms with Gasteiger partial charge in [0.1, 0.15) is 5.56 Å². The molecule has 1 aromatic heterocycles. The molecule has 2 N–H and O–H groups in total. The molecule has 7 heteroatoms. The molecular formula is C23H30N4O3. The maximum absolute atomic E-state index is 12.8. The normalized spacial score (nSPS) is 22.2. The van der Waals surface area contributed by atoms with E-state index in [-0.39, 0.29) is 16.9 Å². The van der Waals surface area contributed by atoms with Crippen LogP contribution in [0.5, 0.6) is 0 Å². The van der Waals surface area contributed by atoms with E-state index in [0.717, 1.165) is 38.9 Å². The third-order valence-electron chi connectivity index (χ3n) is 6.57. The van der Waals surface area contributed by atoms with E-state index in [1.54, 1.807) is 4.90 Å². The Kier molecular flexibility index (Phi) is 5.64. The molecule has 2 aliphatic rings. The van der Waals surface area contributed by atoms with Crippen molar-refractivity contribution in [3.63, 3.8) is 0 Å². The smallest absolute Gasteiger partial charge is 0.325 e. The number of H-pyrrole nitrogens is 2. The summed E-state index contributed by atoms with van der Waals surface area (Å²) in [6.45, 7) is 8.68.